The zero-order valence-electron chi connectivity index (χ0n) is 19.1. The molecular formula is C25H23N5O5. The van der Waals surface area contributed by atoms with Crippen molar-refractivity contribution >= 4 is 23.5 Å². The van der Waals surface area contributed by atoms with Crippen LogP contribution in [-0.4, -0.2) is 39.9 Å². The second kappa shape index (κ2) is 9.64. The van der Waals surface area contributed by atoms with Gasteiger partial charge in [0.15, 0.2) is 11.6 Å². The van der Waals surface area contributed by atoms with E-state index in [0.29, 0.717) is 11.6 Å². The highest BCUT2D eigenvalue weighted by atomic mass is 16.5. The van der Waals surface area contributed by atoms with Crippen LogP contribution in [0.4, 0.5) is 5.69 Å². The summed E-state index contributed by atoms with van der Waals surface area (Å²) in [4.78, 5) is 46.1. The van der Waals surface area contributed by atoms with Crippen LogP contribution in [0.15, 0.2) is 67.3 Å². The monoisotopic (exact) mass is 473 g/mol. The molecule has 4 rings (SSSR count). The molecule has 0 saturated heterocycles. The van der Waals surface area contributed by atoms with Gasteiger partial charge in [0.1, 0.15) is 17.7 Å². The highest BCUT2D eigenvalue weighted by Gasteiger charge is 2.22. The van der Waals surface area contributed by atoms with E-state index in [1.165, 1.54) is 18.2 Å². The van der Waals surface area contributed by atoms with Crippen LogP contribution in [0, 0.1) is 0 Å². The van der Waals surface area contributed by atoms with Gasteiger partial charge in [-0.3, -0.25) is 9.59 Å². The molecule has 1 aliphatic rings. The number of fused-ring (bicyclic) bond motifs is 1. The lowest BCUT2D eigenvalue weighted by atomic mass is 10.1. The highest BCUT2D eigenvalue weighted by molar-refractivity contribution is 5.97. The summed E-state index contributed by atoms with van der Waals surface area (Å²) in [5, 5.41) is 14.6. The molecule has 2 heterocycles. The molecule has 3 aromatic rings. The summed E-state index contributed by atoms with van der Waals surface area (Å²) >= 11 is 0. The molecule has 0 bridgehead atoms. The fraction of sp³-hybridized carbons (Fsp3) is 0.160. The van der Waals surface area contributed by atoms with Crippen molar-refractivity contribution < 1.29 is 24.2 Å². The van der Waals surface area contributed by atoms with E-state index >= 15 is 0 Å². The van der Waals surface area contributed by atoms with E-state index in [1.807, 2.05) is 30.1 Å². The molecule has 0 fully saturated rings. The first-order valence-corrected chi connectivity index (χ1v) is 10.7. The summed E-state index contributed by atoms with van der Waals surface area (Å²) in [6.45, 7) is 5.84. The first-order chi connectivity index (χ1) is 16.7. The van der Waals surface area contributed by atoms with Gasteiger partial charge in [0, 0.05) is 19.7 Å². The van der Waals surface area contributed by atoms with Gasteiger partial charge in [-0.25, -0.2) is 14.8 Å². The van der Waals surface area contributed by atoms with Crippen molar-refractivity contribution in [3.05, 3.63) is 95.4 Å². The van der Waals surface area contributed by atoms with Gasteiger partial charge < -0.3 is 25.4 Å². The minimum atomic E-state index is -1.02. The number of carbonyl (C=O) groups is 3. The Labute approximate surface area is 201 Å². The standard InChI is InChI=1S/C25H23N5O5/c1-14(17-5-7-18(8-6-17)25(33)34)29-24(32)20-11-19(27-13-28-20)23(31)26-12-16-4-9-22-21(10-16)30(3)15(2)35-22/h4-11,13-14H,2,12H2,1,3H3,(H,26,31)(H,29,32)(H,33,34)/t14-/m0/s1. The second-order valence-corrected chi connectivity index (χ2v) is 7.95. The SMILES string of the molecule is C=C1Oc2ccc(CNC(=O)c3cc(C(=O)N[C@@H](C)c4ccc(C(=O)O)cc4)ncn3)cc2N1C. The number of aromatic nitrogens is 2. The first-order valence-electron chi connectivity index (χ1n) is 10.7. The second-order valence-electron chi connectivity index (χ2n) is 7.95. The molecule has 0 unspecified atom stereocenters. The fourth-order valence-electron chi connectivity index (χ4n) is 3.50. The maximum atomic E-state index is 12.7. The highest BCUT2D eigenvalue weighted by Crippen LogP contribution is 2.37. The number of aromatic carboxylic acids is 1. The Morgan fingerprint density at radius 2 is 1.74 bits per heavy atom. The molecule has 2 aromatic carbocycles. The topological polar surface area (TPSA) is 134 Å². The quantitative estimate of drug-likeness (QED) is 0.477. The lowest BCUT2D eigenvalue weighted by Crippen LogP contribution is -2.29. The fourth-order valence-corrected chi connectivity index (χ4v) is 3.50. The molecule has 0 radical (unpaired) electrons. The Morgan fingerprint density at radius 1 is 1.06 bits per heavy atom. The van der Waals surface area contributed by atoms with Crippen molar-refractivity contribution in [3.8, 4) is 5.75 Å². The molecule has 35 heavy (non-hydrogen) atoms. The zero-order valence-corrected chi connectivity index (χ0v) is 19.1. The number of hydrogen-bond donors (Lipinski definition) is 3. The van der Waals surface area contributed by atoms with Crippen LogP contribution >= 0.6 is 0 Å². The lowest BCUT2D eigenvalue weighted by molar-refractivity contribution is 0.0696. The van der Waals surface area contributed by atoms with Crippen LogP contribution < -0.4 is 20.3 Å². The number of carbonyl (C=O) groups excluding carboxylic acids is 2. The van der Waals surface area contributed by atoms with E-state index in [-0.39, 0.29) is 23.5 Å². The third kappa shape index (κ3) is 5.11. The molecule has 3 N–H and O–H groups in total. The molecular weight excluding hydrogens is 450 g/mol. The number of carboxylic acid groups (broad SMARTS) is 1. The van der Waals surface area contributed by atoms with Crippen LogP contribution in [-0.2, 0) is 6.54 Å². The van der Waals surface area contributed by atoms with Gasteiger partial charge in [0.05, 0.1) is 17.3 Å². The number of ether oxygens (including phenoxy) is 1. The molecule has 10 nitrogen and oxygen atoms in total. The number of hydrogen-bond acceptors (Lipinski definition) is 7. The largest absolute Gasteiger partial charge is 0.478 e. The molecule has 10 heteroatoms. The summed E-state index contributed by atoms with van der Waals surface area (Å²) in [5.74, 6) is -0.736. The van der Waals surface area contributed by atoms with Gasteiger partial charge in [-0.2, -0.15) is 0 Å². The molecule has 1 atom stereocenters. The first kappa shape index (κ1) is 23.4. The molecule has 0 spiro atoms. The van der Waals surface area contributed by atoms with Crippen LogP contribution in [0.25, 0.3) is 0 Å². The molecule has 1 aromatic heterocycles. The zero-order chi connectivity index (χ0) is 25.1. The molecule has 1 aliphatic heterocycles. The predicted octanol–water partition coefficient (Wildman–Crippen LogP) is 2.90. The number of benzene rings is 2. The number of anilines is 1. The molecule has 0 saturated carbocycles. The average Bonchev–Trinajstić information content (AvgIpc) is 3.15. The number of nitrogens with zero attached hydrogens (tertiary/aromatic N) is 3. The van der Waals surface area contributed by atoms with Gasteiger partial charge >= 0.3 is 5.97 Å². The van der Waals surface area contributed by atoms with Crippen molar-refractivity contribution in [2.75, 3.05) is 11.9 Å². The van der Waals surface area contributed by atoms with E-state index in [9.17, 15) is 14.4 Å². The Kier molecular flexibility index (Phi) is 6.45. The number of carboxylic acids is 1. The van der Waals surface area contributed by atoms with Crippen LogP contribution in [0.2, 0.25) is 0 Å². The van der Waals surface area contributed by atoms with Crippen LogP contribution in [0.1, 0.15) is 55.4 Å². The summed E-state index contributed by atoms with van der Waals surface area (Å²) < 4.78 is 5.54. The third-order valence-corrected chi connectivity index (χ3v) is 5.58. The maximum Gasteiger partial charge on any atom is 0.335 e. The van der Waals surface area contributed by atoms with Gasteiger partial charge in [-0.1, -0.05) is 18.2 Å². The Morgan fingerprint density at radius 3 is 2.43 bits per heavy atom. The van der Waals surface area contributed by atoms with E-state index < -0.39 is 23.8 Å². The number of amides is 2. The van der Waals surface area contributed by atoms with Crippen molar-refractivity contribution in [3.63, 3.8) is 0 Å². The van der Waals surface area contributed by atoms with Crippen molar-refractivity contribution in [1.29, 1.82) is 0 Å². The van der Waals surface area contributed by atoms with E-state index in [1.54, 1.807) is 19.1 Å². The predicted molar refractivity (Wildman–Crippen MR) is 127 cm³/mol. The van der Waals surface area contributed by atoms with Crippen LogP contribution in [0.3, 0.4) is 0 Å². The summed E-state index contributed by atoms with van der Waals surface area (Å²) in [5.41, 5.74) is 2.69. The van der Waals surface area contributed by atoms with Gasteiger partial charge in [-0.05, 0) is 48.9 Å². The van der Waals surface area contributed by atoms with Gasteiger partial charge in [0.2, 0.25) is 0 Å². The minimum Gasteiger partial charge on any atom is -0.478 e. The summed E-state index contributed by atoms with van der Waals surface area (Å²) in [6.07, 6.45) is 1.16. The summed E-state index contributed by atoms with van der Waals surface area (Å²) in [6, 6.07) is 12.7. The summed E-state index contributed by atoms with van der Waals surface area (Å²) in [7, 11) is 1.84. The Bertz CT molecular complexity index is 1320. The maximum absolute atomic E-state index is 12.7. The minimum absolute atomic E-state index is 0.0361. The Balaban J connectivity index is 1.38. The third-order valence-electron chi connectivity index (χ3n) is 5.58. The number of rotatable bonds is 7. The molecule has 178 valence electrons. The number of nitrogens with one attached hydrogen (secondary N) is 2. The average molecular weight is 473 g/mol. The van der Waals surface area contributed by atoms with Crippen LogP contribution in [0.5, 0.6) is 5.75 Å². The van der Waals surface area contributed by atoms with E-state index in [4.69, 9.17) is 9.84 Å². The lowest BCUT2D eigenvalue weighted by Gasteiger charge is -2.14. The normalized spacial score (nSPS) is 13.0. The van der Waals surface area contributed by atoms with Gasteiger partial charge in [0.25, 0.3) is 11.8 Å². The Hall–Kier alpha value is -4.73. The van der Waals surface area contributed by atoms with E-state index in [2.05, 4.69) is 27.2 Å². The van der Waals surface area contributed by atoms with Crippen molar-refractivity contribution in [2.24, 2.45) is 0 Å². The molecule has 2 amide bonds. The van der Waals surface area contributed by atoms with Crippen molar-refractivity contribution in [2.45, 2.75) is 19.5 Å². The van der Waals surface area contributed by atoms with Crippen molar-refractivity contribution in [1.82, 2.24) is 20.6 Å². The molecule has 0 aliphatic carbocycles. The smallest absolute Gasteiger partial charge is 0.335 e. The van der Waals surface area contributed by atoms with E-state index in [0.717, 1.165) is 23.1 Å². The van der Waals surface area contributed by atoms with Gasteiger partial charge in [-0.15, -0.1) is 0 Å².